The van der Waals surface area contributed by atoms with Gasteiger partial charge in [0.05, 0.1) is 25.8 Å². The van der Waals surface area contributed by atoms with Crippen LogP contribution in [-0.4, -0.2) is 47.1 Å². The van der Waals surface area contributed by atoms with Crippen LogP contribution in [0.15, 0.2) is 24.7 Å². The Bertz CT molecular complexity index is 886. The maximum atomic E-state index is 5.44. The molecule has 7 heteroatoms. The molecule has 1 aromatic carbocycles. The summed E-state index contributed by atoms with van der Waals surface area (Å²) in [5.41, 5.74) is 3.46. The van der Waals surface area contributed by atoms with Gasteiger partial charge in [-0.05, 0) is 36.1 Å². The molecule has 0 radical (unpaired) electrons. The van der Waals surface area contributed by atoms with Gasteiger partial charge in [-0.1, -0.05) is 0 Å². The van der Waals surface area contributed by atoms with Crippen molar-refractivity contribution in [2.24, 2.45) is 7.05 Å². The van der Waals surface area contributed by atoms with Crippen LogP contribution in [0.5, 0.6) is 11.5 Å². The minimum atomic E-state index is 0.784. The zero-order chi connectivity index (χ0) is 17.4. The molecule has 2 aromatic heterocycles. The summed E-state index contributed by atoms with van der Waals surface area (Å²) in [6.45, 7) is 1.78. The normalized spacial score (nSPS) is 14.3. The predicted molar refractivity (Wildman–Crippen MR) is 95.5 cm³/mol. The zero-order valence-electron chi connectivity index (χ0n) is 14.7. The van der Waals surface area contributed by atoms with Gasteiger partial charge in [0.2, 0.25) is 0 Å². The van der Waals surface area contributed by atoms with Crippen molar-refractivity contribution in [3.05, 3.63) is 35.8 Å². The Morgan fingerprint density at radius 3 is 2.20 bits per heavy atom. The van der Waals surface area contributed by atoms with E-state index < -0.39 is 0 Å². The molecule has 3 aromatic rings. The molecule has 0 spiro atoms. The second kappa shape index (κ2) is 6.23. The van der Waals surface area contributed by atoms with Crippen LogP contribution in [0, 0.1) is 0 Å². The van der Waals surface area contributed by atoms with Gasteiger partial charge < -0.3 is 14.4 Å². The van der Waals surface area contributed by atoms with Gasteiger partial charge in [0.25, 0.3) is 0 Å². The van der Waals surface area contributed by atoms with Crippen LogP contribution >= 0.6 is 0 Å². The summed E-state index contributed by atoms with van der Waals surface area (Å²) >= 11 is 0. The number of nitrogens with zero attached hydrogens (tertiary/aromatic N) is 5. The molecule has 0 N–H and O–H groups in total. The predicted octanol–water partition coefficient (Wildman–Crippen LogP) is 1.99. The lowest BCUT2D eigenvalue weighted by Gasteiger charge is -2.21. The highest BCUT2D eigenvalue weighted by molar-refractivity contribution is 5.86. The molecule has 1 aliphatic heterocycles. The SMILES string of the molecule is COc1cc2c(cc1OC)CCN(c1ncnc3c1cnn3C)CC2. The first-order valence-corrected chi connectivity index (χ1v) is 8.32. The van der Waals surface area contributed by atoms with Crippen molar-refractivity contribution in [2.75, 3.05) is 32.2 Å². The highest BCUT2D eigenvalue weighted by atomic mass is 16.5. The molecule has 0 amide bonds. The van der Waals surface area contributed by atoms with Crippen LogP contribution in [0.2, 0.25) is 0 Å². The molecule has 25 heavy (non-hydrogen) atoms. The molecule has 0 fully saturated rings. The lowest BCUT2D eigenvalue weighted by atomic mass is 10.0. The molecule has 0 saturated heterocycles. The molecule has 1 aliphatic rings. The fraction of sp³-hybridized carbons (Fsp3) is 0.389. The van der Waals surface area contributed by atoms with E-state index in [4.69, 9.17) is 9.47 Å². The van der Waals surface area contributed by atoms with Crippen molar-refractivity contribution in [2.45, 2.75) is 12.8 Å². The molecule has 130 valence electrons. The summed E-state index contributed by atoms with van der Waals surface area (Å²) in [4.78, 5) is 11.2. The van der Waals surface area contributed by atoms with Gasteiger partial charge >= 0.3 is 0 Å². The van der Waals surface area contributed by atoms with Crippen LogP contribution in [0.4, 0.5) is 5.82 Å². The summed E-state index contributed by atoms with van der Waals surface area (Å²) in [6, 6.07) is 4.19. The van der Waals surface area contributed by atoms with E-state index in [2.05, 4.69) is 32.1 Å². The Morgan fingerprint density at radius 2 is 1.60 bits per heavy atom. The van der Waals surface area contributed by atoms with Gasteiger partial charge in [-0.3, -0.25) is 4.68 Å². The molecule has 0 aliphatic carbocycles. The number of hydrogen-bond acceptors (Lipinski definition) is 6. The minimum absolute atomic E-state index is 0.784. The third-order valence-corrected chi connectivity index (χ3v) is 4.82. The smallest absolute Gasteiger partial charge is 0.163 e. The number of hydrogen-bond donors (Lipinski definition) is 0. The molecule has 7 nitrogen and oxygen atoms in total. The Hall–Kier alpha value is -2.83. The van der Waals surface area contributed by atoms with Gasteiger partial charge in [0.1, 0.15) is 12.1 Å². The third kappa shape index (κ3) is 2.65. The van der Waals surface area contributed by atoms with Crippen LogP contribution in [-0.2, 0) is 19.9 Å². The molecule has 0 unspecified atom stereocenters. The molecule has 3 heterocycles. The van der Waals surface area contributed by atoms with E-state index >= 15 is 0 Å². The fourth-order valence-electron chi connectivity index (χ4n) is 3.46. The van der Waals surface area contributed by atoms with Gasteiger partial charge in [-0.25, -0.2) is 9.97 Å². The summed E-state index contributed by atoms with van der Waals surface area (Å²) in [6.07, 6.45) is 5.32. The van der Waals surface area contributed by atoms with Gasteiger partial charge in [0.15, 0.2) is 17.1 Å². The highest BCUT2D eigenvalue weighted by Crippen LogP contribution is 2.33. The third-order valence-electron chi connectivity index (χ3n) is 4.82. The van der Waals surface area contributed by atoms with E-state index in [9.17, 15) is 0 Å². The molecule has 0 atom stereocenters. The highest BCUT2D eigenvalue weighted by Gasteiger charge is 2.20. The molecular weight excluding hydrogens is 318 g/mol. The lowest BCUT2D eigenvalue weighted by Crippen LogP contribution is -2.27. The average Bonchev–Trinajstić information content (AvgIpc) is 2.90. The zero-order valence-corrected chi connectivity index (χ0v) is 14.7. The number of fused-ring (bicyclic) bond motifs is 2. The fourth-order valence-corrected chi connectivity index (χ4v) is 3.46. The van der Waals surface area contributed by atoms with Crippen LogP contribution in [0.25, 0.3) is 11.0 Å². The Balaban J connectivity index is 1.67. The standard InChI is InChI=1S/C18H21N5O2/c1-22-17-14(10-21-22)18(20-11-19-17)23-6-4-12-8-15(24-2)16(25-3)9-13(12)5-7-23/h8-11H,4-7H2,1-3H3. The van der Waals surface area contributed by atoms with E-state index in [1.165, 1.54) is 11.1 Å². The van der Waals surface area contributed by atoms with Crippen molar-refractivity contribution >= 4 is 16.9 Å². The number of anilines is 1. The minimum Gasteiger partial charge on any atom is -0.493 e. The number of methoxy groups -OCH3 is 2. The molecule has 0 bridgehead atoms. The van der Waals surface area contributed by atoms with Crippen molar-refractivity contribution in [3.63, 3.8) is 0 Å². The average molecular weight is 339 g/mol. The molecule has 4 rings (SSSR count). The molecule has 0 saturated carbocycles. The Labute approximate surface area is 146 Å². The number of aromatic nitrogens is 4. The van der Waals surface area contributed by atoms with E-state index in [-0.39, 0.29) is 0 Å². The van der Waals surface area contributed by atoms with Crippen molar-refractivity contribution < 1.29 is 9.47 Å². The maximum absolute atomic E-state index is 5.44. The van der Waals surface area contributed by atoms with Crippen LogP contribution in [0.3, 0.4) is 0 Å². The summed E-state index contributed by atoms with van der Waals surface area (Å²) in [7, 11) is 5.25. The lowest BCUT2D eigenvalue weighted by molar-refractivity contribution is 0.354. The van der Waals surface area contributed by atoms with Crippen LogP contribution < -0.4 is 14.4 Å². The topological polar surface area (TPSA) is 65.3 Å². The number of rotatable bonds is 3. The summed E-state index contributed by atoms with van der Waals surface area (Å²) in [5, 5.41) is 5.31. The van der Waals surface area contributed by atoms with Gasteiger partial charge in [-0.15, -0.1) is 0 Å². The van der Waals surface area contributed by atoms with Crippen molar-refractivity contribution in [1.29, 1.82) is 0 Å². The monoisotopic (exact) mass is 339 g/mol. The van der Waals surface area contributed by atoms with E-state index in [1.54, 1.807) is 25.2 Å². The van der Waals surface area contributed by atoms with Gasteiger partial charge in [0, 0.05) is 20.1 Å². The van der Waals surface area contributed by atoms with E-state index in [1.807, 2.05) is 13.2 Å². The van der Waals surface area contributed by atoms with E-state index in [0.717, 1.165) is 54.3 Å². The largest absolute Gasteiger partial charge is 0.493 e. The quantitative estimate of drug-likeness (QED) is 0.727. The first-order chi connectivity index (χ1) is 12.2. The Morgan fingerprint density at radius 1 is 0.960 bits per heavy atom. The second-order valence-corrected chi connectivity index (χ2v) is 6.17. The maximum Gasteiger partial charge on any atom is 0.163 e. The number of aryl methyl sites for hydroxylation is 1. The van der Waals surface area contributed by atoms with Crippen molar-refractivity contribution in [3.8, 4) is 11.5 Å². The summed E-state index contributed by atoms with van der Waals surface area (Å²) < 4.78 is 12.7. The Kier molecular flexibility index (Phi) is 3.91. The van der Waals surface area contributed by atoms with Crippen molar-refractivity contribution in [1.82, 2.24) is 19.7 Å². The first kappa shape index (κ1) is 15.7. The first-order valence-electron chi connectivity index (χ1n) is 8.32. The van der Waals surface area contributed by atoms with Gasteiger partial charge in [-0.2, -0.15) is 5.10 Å². The molecular formula is C18H21N5O2. The van der Waals surface area contributed by atoms with E-state index in [0.29, 0.717) is 0 Å². The van der Waals surface area contributed by atoms with Crippen LogP contribution in [0.1, 0.15) is 11.1 Å². The number of benzene rings is 1. The second-order valence-electron chi connectivity index (χ2n) is 6.17. The number of ether oxygens (including phenoxy) is 2. The summed E-state index contributed by atoms with van der Waals surface area (Å²) in [5.74, 6) is 2.52.